The molecular weight excluding hydrogens is 234 g/mol. The van der Waals surface area contributed by atoms with Gasteiger partial charge in [0.1, 0.15) is 0 Å². The summed E-state index contributed by atoms with van der Waals surface area (Å²) in [5.41, 5.74) is 0. The second-order valence-electron chi connectivity index (χ2n) is 1.40. The summed E-state index contributed by atoms with van der Waals surface area (Å²) >= 11 is 3.34. The minimum absolute atomic E-state index is 0. The highest BCUT2D eigenvalue weighted by Gasteiger charge is 1.78. The summed E-state index contributed by atoms with van der Waals surface area (Å²) < 4.78 is 0. The molecule has 0 spiro atoms. The third-order valence-corrected chi connectivity index (χ3v) is 1.30. The molecule has 0 unspecified atom stereocenters. The molecule has 1 N–H and O–H groups in total. The third-order valence-electron chi connectivity index (χ3n) is 0.737. The van der Waals surface area contributed by atoms with Crippen LogP contribution in [0.25, 0.3) is 0 Å². The van der Waals surface area contributed by atoms with Crippen LogP contribution in [0.3, 0.4) is 0 Å². The van der Waals surface area contributed by atoms with Crippen molar-refractivity contribution in [2.24, 2.45) is 0 Å². The molecule has 52 valence electrons. The summed E-state index contributed by atoms with van der Waals surface area (Å²) in [6, 6.07) is 0. The van der Waals surface area contributed by atoms with E-state index in [-0.39, 0.29) is 17.0 Å². The first kappa shape index (κ1) is 11.7. The molecule has 0 heterocycles. The van der Waals surface area contributed by atoms with Crippen LogP contribution in [0, 0.1) is 0 Å². The molecule has 0 aliphatic carbocycles. The highest BCUT2D eigenvalue weighted by molar-refractivity contribution is 9.09. The lowest BCUT2D eigenvalue weighted by Gasteiger charge is -1.94. The Bertz CT molecular complexity index is 29.6. The Morgan fingerprint density at radius 3 is 2.50 bits per heavy atom. The predicted molar refractivity (Wildman–Crippen MR) is 47.3 cm³/mol. The number of hydrogen-bond acceptors (Lipinski definition) is 1. The highest BCUT2D eigenvalue weighted by atomic mass is 79.9. The van der Waals surface area contributed by atoms with Crippen molar-refractivity contribution < 1.29 is 0 Å². The van der Waals surface area contributed by atoms with E-state index in [1.165, 1.54) is 6.42 Å². The fourth-order valence-corrected chi connectivity index (χ4v) is 0.649. The van der Waals surface area contributed by atoms with Gasteiger partial charge >= 0.3 is 0 Å². The molecule has 0 aliphatic heterocycles. The van der Waals surface area contributed by atoms with Crippen LogP contribution >= 0.6 is 32.9 Å². The molecule has 0 aromatic rings. The number of alkyl halides is 1. The van der Waals surface area contributed by atoms with Crippen LogP contribution in [0.15, 0.2) is 0 Å². The number of rotatable bonds is 4. The second-order valence-corrected chi connectivity index (χ2v) is 2.19. The van der Waals surface area contributed by atoms with Gasteiger partial charge in [-0.3, -0.25) is 0 Å². The number of hydrogen-bond donors (Lipinski definition) is 1. The van der Waals surface area contributed by atoms with Crippen LogP contribution in [0.5, 0.6) is 0 Å². The maximum absolute atomic E-state index is 3.34. The van der Waals surface area contributed by atoms with E-state index in [1.807, 2.05) is 0 Å². The number of nitrogens with one attached hydrogen (secondary N) is 1. The minimum atomic E-state index is 0. The molecule has 0 atom stereocenters. The second kappa shape index (κ2) is 10.8. The largest absolute Gasteiger partial charge is 0.317 e. The lowest BCUT2D eigenvalue weighted by molar-refractivity contribution is 0.709. The standard InChI is InChI=1S/C5H12BrN.BrH/c1-2-7-5-3-4-6;/h7H,2-5H2,1H3;1H. The molecular formula is C5H13Br2N. The summed E-state index contributed by atoms with van der Waals surface area (Å²) in [6.45, 7) is 4.35. The average molecular weight is 247 g/mol. The summed E-state index contributed by atoms with van der Waals surface area (Å²) in [6.07, 6.45) is 1.23. The summed E-state index contributed by atoms with van der Waals surface area (Å²) in [5.74, 6) is 0. The van der Waals surface area contributed by atoms with Crippen LogP contribution in [0.2, 0.25) is 0 Å². The minimum Gasteiger partial charge on any atom is -0.317 e. The molecule has 0 aromatic carbocycles. The van der Waals surface area contributed by atoms with Gasteiger partial charge in [-0.1, -0.05) is 22.9 Å². The Balaban J connectivity index is 0. The fourth-order valence-electron chi connectivity index (χ4n) is 0.369. The van der Waals surface area contributed by atoms with Gasteiger partial charge in [0.25, 0.3) is 0 Å². The Hall–Kier alpha value is 0.920. The molecule has 0 aromatic heterocycles. The van der Waals surface area contributed by atoms with E-state index >= 15 is 0 Å². The van der Waals surface area contributed by atoms with Gasteiger partial charge in [0.15, 0.2) is 0 Å². The molecule has 0 saturated carbocycles. The van der Waals surface area contributed by atoms with E-state index in [9.17, 15) is 0 Å². The van der Waals surface area contributed by atoms with E-state index in [0.717, 1.165) is 18.4 Å². The molecule has 0 amide bonds. The molecule has 0 bridgehead atoms. The van der Waals surface area contributed by atoms with Crippen LogP contribution in [-0.2, 0) is 0 Å². The van der Waals surface area contributed by atoms with Gasteiger partial charge in [-0.05, 0) is 19.5 Å². The summed E-state index contributed by atoms with van der Waals surface area (Å²) in [7, 11) is 0. The normalized spacial score (nSPS) is 8.25. The van der Waals surface area contributed by atoms with Crippen LogP contribution < -0.4 is 5.32 Å². The van der Waals surface area contributed by atoms with Crippen molar-refractivity contribution in [3.8, 4) is 0 Å². The topological polar surface area (TPSA) is 12.0 Å². The third kappa shape index (κ3) is 10.0. The first-order chi connectivity index (χ1) is 3.41. The summed E-state index contributed by atoms with van der Waals surface area (Å²) in [4.78, 5) is 0. The maximum Gasteiger partial charge on any atom is 0.00433 e. The SMILES string of the molecule is Br.CCNCCCBr. The molecule has 0 saturated heterocycles. The lowest BCUT2D eigenvalue weighted by atomic mass is 10.5. The summed E-state index contributed by atoms with van der Waals surface area (Å²) in [5, 5.41) is 4.33. The molecule has 0 fully saturated rings. The first-order valence-corrected chi connectivity index (χ1v) is 3.80. The molecule has 1 nitrogen and oxygen atoms in total. The van der Waals surface area contributed by atoms with Gasteiger partial charge in [0.2, 0.25) is 0 Å². The zero-order chi connectivity index (χ0) is 5.54. The molecule has 0 radical (unpaired) electrons. The van der Waals surface area contributed by atoms with Gasteiger partial charge in [-0.2, -0.15) is 0 Å². The monoisotopic (exact) mass is 245 g/mol. The Labute approximate surface area is 70.1 Å². The smallest absolute Gasteiger partial charge is 0.00433 e. The van der Waals surface area contributed by atoms with Crippen molar-refractivity contribution in [3.05, 3.63) is 0 Å². The van der Waals surface area contributed by atoms with Crippen molar-refractivity contribution in [2.75, 3.05) is 18.4 Å². The van der Waals surface area contributed by atoms with Crippen molar-refractivity contribution in [1.82, 2.24) is 5.32 Å². The van der Waals surface area contributed by atoms with Crippen LogP contribution in [0.1, 0.15) is 13.3 Å². The number of halogens is 2. The van der Waals surface area contributed by atoms with E-state index in [0.29, 0.717) is 0 Å². The molecule has 3 heteroatoms. The van der Waals surface area contributed by atoms with Gasteiger partial charge in [-0.25, -0.2) is 0 Å². The van der Waals surface area contributed by atoms with Crippen molar-refractivity contribution in [1.29, 1.82) is 0 Å². The van der Waals surface area contributed by atoms with Gasteiger partial charge in [0, 0.05) is 5.33 Å². The van der Waals surface area contributed by atoms with E-state index in [4.69, 9.17) is 0 Å². The van der Waals surface area contributed by atoms with Crippen LogP contribution in [-0.4, -0.2) is 18.4 Å². The highest BCUT2D eigenvalue weighted by Crippen LogP contribution is 1.82. The van der Waals surface area contributed by atoms with Crippen LogP contribution in [0.4, 0.5) is 0 Å². The first-order valence-electron chi connectivity index (χ1n) is 2.68. The van der Waals surface area contributed by atoms with E-state index < -0.39 is 0 Å². The predicted octanol–water partition coefficient (Wildman–Crippen LogP) is 1.96. The maximum atomic E-state index is 3.34. The lowest BCUT2D eigenvalue weighted by Crippen LogP contribution is -2.13. The zero-order valence-corrected chi connectivity index (χ0v) is 8.41. The molecule has 0 rings (SSSR count). The van der Waals surface area contributed by atoms with E-state index in [2.05, 4.69) is 28.2 Å². The Kier molecular flexibility index (Phi) is 15.8. The van der Waals surface area contributed by atoms with Gasteiger partial charge in [-0.15, -0.1) is 17.0 Å². The molecule has 0 aliphatic rings. The Morgan fingerprint density at radius 1 is 1.50 bits per heavy atom. The van der Waals surface area contributed by atoms with Crippen molar-refractivity contribution in [2.45, 2.75) is 13.3 Å². The fraction of sp³-hybridized carbons (Fsp3) is 1.00. The van der Waals surface area contributed by atoms with Crippen molar-refractivity contribution in [3.63, 3.8) is 0 Å². The van der Waals surface area contributed by atoms with Crippen molar-refractivity contribution >= 4 is 32.9 Å². The zero-order valence-electron chi connectivity index (χ0n) is 5.11. The van der Waals surface area contributed by atoms with Gasteiger partial charge in [0.05, 0.1) is 0 Å². The van der Waals surface area contributed by atoms with Gasteiger partial charge < -0.3 is 5.32 Å². The quantitative estimate of drug-likeness (QED) is 0.591. The van der Waals surface area contributed by atoms with E-state index in [1.54, 1.807) is 0 Å². The Morgan fingerprint density at radius 2 is 2.12 bits per heavy atom. The average Bonchev–Trinajstić information content (AvgIpc) is 1.69. The molecule has 8 heavy (non-hydrogen) atoms.